The minimum atomic E-state index is -0.987. The summed E-state index contributed by atoms with van der Waals surface area (Å²) in [5.74, 6) is -1.47. The normalized spacial score (nSPS) is 16.8. The van der Waals surface area contributed by atoms with Crippen LogP contribution in [0.2, 0.25) is 0 Å². The summed E-state index contributed by atoms with van der Waals surface area (Å²) in [7, 11) is 3.05. The fourth-order valence-electron chi connectivity index (χ4n) is 3.91. The van der Waals surface area contributed by atoms with Crippen molar-refractivity contribution < 1.29 is 33.7 Å². The smallest absolute Gasteiger partial charge is 0.350 e. The molecule has 36 heavy (non-hydrogen) atoms. The Morgan fingerprint density at radius 3 is 2.17 bits per heavy atom. The van der Waals surface area contributed by atoms with Crippen LogP contribution in [0.3, 0.4) is 0 Å². The van der Waals surface area contributed by atoms with Gasteiger partial charge in [0.15, 0.2) is 5.13 Å². The molecule has 1 aromatic heterocycles. The number of ether oxygens (including phenoxy) is 3. The molecular formula is C26H24N2O7S. The van der Waals surface area contributed by atoms with E-state index in [1.807, 2.05) is 0 Å². The number of hydrogen-bond acceptors (Lipinski definition) is 9. The number of anilines is 1. The van der Waals surface area contributed by atoms with Gasteiger partial charge in [-0.1, -0.05) is 23.5 Å². The van der Waals surface area contributed by atoms with Gasteiger partial charge in [-0.2, -0.15) is 0 Å². The van der Waals surface area contributed by atoms with Crippen LogP contribution in [0, 0.1) is 6.92 Å². The number of aryl methyl sites for hydroxylation is 1. The second kappa shape index (κ2) is 10.2. The molecule has 0 unspecified atom stereocenters. The average molecular weight is 509 g/mol. The topological polar surface area (TPSA) is 115 Å². The molecule has 4 rings (SSSR count). The van der Waals surface area contributed by atoms with Gasteiger partial charge in [0.2, 0.25) is 0 Å². The zero-order chi connectivity index (χ0) is 26.0. The van der Waals surface area contributed by atoms with Gasteiger partial charge in [-0.3, -0.25) is 14.5 Å². The molecule has 0 saturated carbocycles. The molecule has 1 amide bonds. The standard InChI is InChI=1S/C26H24N2O7S/c1-5-35-25(32)23-14(2)27-26(36-23)28-20(15-6-10-17(33-3)11-7-15)19(22(30)24(28)31)21(29)16-8-12-18(34-4)13-9-16/h6-13,20,29H,5H2,1-4H3/t20-/m0/s1. The van der Waals surface area contributed by atoms with E-state index in [4.69, 9.17) is 14.2 Å². The summed E-state index contributed by atoms with van der Waals surface area (Å²) in [6.07, 6.45) is 0. The van der Waals surface area contributed by atoms with E-state index in [1.54, 1.807) is 62.4 Å². The van der Waals surface area contributed by atoms with Crippen molar-refractivity contribution in [2.75, 3.05) is 25.7 Å². The first-order chi connectivity index (χ1) is 17.3. The van der Waals surface area contributed by atoms with Gasteiger partial charge in [-0.15, -0.1) is 0 Å². The molecule has 0 spiro atoms. The van der Waals surface area contributed by atoms with Crippen molar-refractivity contribution in [3.8, 4) is 11.5 Å². The van der Waals surface area contributed by atoms with Crippen LogP contribution >= 0.6 is 11.3 Å². The number of amides is 1. The Bertz CT molecular complexity index is 1340. The molecule has 0 bridgehead atoms. The Morgan fingerprint density at radius 1 is 1.03 bits per heavy atom. The number of methoxy groups -OCH3 is 2. The number of carbonyl (C=O) groups excluding carboxylic acids is 3. The van der Waals surface area contributed by atoms with Crippen LogP contribution in [-0.4, -0.2) is 48.6 Å². The molecule has 3 aromatic rings. The minimum absolute atomic E-state index is 0.0964. The van der Waals surface area contributed by atoms with Gasteiger partial charge in [0.25, 0.3) is 5.78 Å². The summed E-state index contributed by atoms with van der Waals surface area (Å²) in [6, 6.07) is 12.3. The molecule has 1 saturated heterocycles. The van der Waals surface area contributed by atoms with Crippen molar-refractivity contribution in [3.63, 3.8) is 0 Å². The Kier molecular flexibility index (Phi) is 7.07. The molecule has 2 heterocycles. The number of ketones is 1. The summed E-state index contributed by atoms with van der Waals surface area (Å²) in [5.41, 5.74) is 1.17. The third-order valence-electron chi connectivity index (χ3n) is 5.69. The van der Waals surface area contributed by atoms with Crippen molar-refractivity contribution in [2.24, 2.45) is 0 Å². The van der Waals surface area contributed by atoms with Crippen molar-refractivity contribution in [1.29, 1.82) is 0 Å². The largest absolute Gasteiger partial charge is 0.507 e. The van der Waals surface area contributed by atoms with Gasteiger partial charge in [-0.05, 0) is 55.8 Å². The van der Waals surface area contributed by atoms with Gasteiger partial charge < -0.3 is 19.3 Å². The Morgan fingerprint density at radius 2 is 1.61 bits per heavy atom. The molecule has 9 nitrogen and oxygen atoms in total. The summed E-state index contributed by atoms with van der Waals surface area (Å²) in [4.78, 5) is 44.8. The van der Waals surface area contributed by atoms with Crippen molar-refractivity contribution >= 4 is 39.9 Å². The first-order valence-electron chi connectivity index (χ1n) is 11.0. The molecule has 1 aliphatic heterocycles. The maximum absolute atomic E-state index is 13.3. The molecule has 186 valence electrons. The number of nitrogens with zero attached hydrogens (tertiary/aromatic N) is 2. The quantitative estimate of drug-likeness (QED) is 0.218. The van der Waals surface area contributed by atoms with E-state index in [0.717, 1.165) is 11.3 Å². The van der Waals surface area contributed by atoms with E-state index in [-0.39, 0.29) is 27.9 Å². The third kappa shape index (κ3) is 4.42. The number of thiazole rings is 1. The van der Waals surface area contributed by atoms with E-state index < -0.39 is 23.7 Å². The molecule has 1 aliphatic rings. The molecule has 1 fully saturated rings. The van der Waals surface area contributed by atoms with Crippen molar-refractivity contribution in [2.45, 2.75) is 19.9 Å². The van der Waals surface area contributed by atoms with E-state index in [0.29, 0.717) is 28.3 Å². The third-order valence-corrected chi connectivity index (χ3v) is 6.83. The van der Waals surface area contributed by atoms with Gasteiger partial charge in [0, 0.05) is 5.56 Å². The van der Waals surface area contributed by atoms with E-state index in [2.05, 4.69) is 4.98 Å². The second-order valence-corrected chi connectivity index (χ2v) is 8.78. The first kappa shape index (κ1) is 24.9. The van der Waals surface area contributed by atoms with Crippen molar-refractivity contribution in [1.82, 2.24) is 4.98 Å². The highest BCUT2D eigenvalue weighted by atomic mass is 32.1. The molecule has 1 N–H and O–H groups in total. The molecule has 1 atom stereocenters. The molecule has 10 heteroatoms. The highest BCUT2D eigenvalue weighted by Gasteiger charge is 2.48. The van der Waals surface area contributed by atoms with Gasteiger partial charge in [-0.25, -0.2) is 9.78 Å². The number of hydrogen-bond donors (Lipinski definition) is 1. The fraction of sp³-hybridized carbons (Fsp3) is 0.231. The van der Waals surface area contributed by atoms with Crippen LogP contribution in [0.4, 0.5) is 5.13 Å². The first-order valence-corrected chi connectivity index (χ1v) is 11.9. The molecule has 0 radical (unpaired) electrons. The molecular weight excluding hydrogens is 484 g/mol. The summed E-state index contributed by atoms with van der Waals surface area (Å²) < 4.78 is 15.5. The number of carbonyl (C=O) groups is 3. The van der Waals surface area contributed by atoms with Crippen LogP contribution in [-0.2, 0) is 14.3 Å². The maximum atomic E-state index is 13.3. The van der Waals surface area contributed by atoms with Gasteiger partial charge >= 0.3 is 11.9 Å². The highest BCUT2D eigenvalue weighted by Crippen LogP contribution is 2.44. The van der Waals surface area contributed by atoms with Crippen LogP contribution in [0.5, 0.6) is 11.5 Å². The molecule has 0 aliphatic carbocycles. The lowest BCUT2D eigenvalue weighted by molar-refractivity contribution is -0.132. The Labute approximate surface area is 211 Å². The van der Waals surface area contributed by atoms with Gasteiger partial charge in [0.1, 0.15) is 22.1 Å². The van der Waals surface area contributed by atoms with Gasteiger partial charge in [0.05, 0.1) is 38.1 Å². The number of benzene rings is 2. The predicted octanol–water partition coefficient (Wildman–Crippen LogP) is 4.27. The number of esters is 1. The van der Waals surface area contributed by atoms with E-state index in [1.165, 1.54) is 19.1 Å². The fourth-order valence-corrected chi connectivity index (χ4v) is 4.89. The van der Waals surface area contributed by atoms with Crippen LogP contribution < -0.4 is 14.4 Å². The average Bonchev–Trinajstić information content (AvgIpc) is 3.40. The molecule has 2 aromatic carbocycles. The SMILES string of the molecule is CCOC(=O)c1sc(N2C(=O)C(=O)C(=C(O)c3ccc(OC)cc3)[C@@H]2c2ccc(OC)cc2)nc1C. The van der Waals surface area contributed by atoms with Crippen LogP contribution in [0.25, 0.3) is 5.76 Å². The monoisotopic (exact) mass is 508 g/mol. The Balaban J connectivity index is 1.89. The zero-order valence-corrected chi connectivity index (χ0v) is 20.9. The van der Waals surface area contributed by atoms with Crippen molar-refractivity contribution in [3.05, 3.63) is 75.8 Å². The summed E-state index contributed by atoms with van der Waals surface area (Å²) >= 11 is 0.953. The van der Waals surface area contributed by atoms with E-state index >= 15 is 0 Å². The number of rotatable bonds is 7. The number of aliphatic hydroxyl groups excluding tert-OH is 1. The summed E-state index contributed by atoms with van der Waals surface area (Å²) in [6.45, 7) is 3.50. The minimum Gasteiger partial charge on any atom is -0.507 e. The highest BCUT2D eigenvalue weighted by molar-refractivity contribution is 7.17. The van der Waals surface area contributed by atoms with Crippen LogP contribution in [0.1, 0.15) is 39.5 Å². The predicted molar refractivity (Wildman–Crippen MR) is 134 cm³/mol. The lowest BCUT2D eigenvalue weighted by Gasteiger charge is -2.23. The van der Waals surface area contributed by atoms with Crippen LogP contribution in [0.15, 0.2) is 54.1 Å². The lowest BCUT2D eigenvalue weighted by Crippen LogP contribution is -2.29. The maximum Gasteiger partial charge on any atom is 0.350 e. The summed E-state index contributed by atoms with van der Waals surface area (Å²) in [5, 5.41) is 11.4. The lowest BCUT2D eigenvalue weighted by atomic mass is 9.95. The second-order valence-electron chi connectivity index (χ2n) is 7.80. The number of aliphatic hydroxyl groups is 1. The number of Topliss-reactive ketones (excluding diaryl/α,β-unsaturated/α-hetero) is 1. The Hall–Kier alpha value is -4.18. The zero-order valence-electron chi connectivity index (χ0n) is 20.1. The van der Waals surface area contributed by atoms with E-state index in [9.17, 15) is 19.5 Å². The number of aromatic nitrogens is 1.